The van der Waals surface area contributed by atoms with Crippen LogP contribution in [0, 0.1) is 0 Å². The lowest BCUT2D eigenvalue weighted by molar-refractivity contribution is 1.07. The van der Waals surface area contributed by atoms with Crippen molar-refractivity contribution >= 4 is 34.2 Å². The first-order chi connectivity index (χ1) is 6.27. The summed E-state index contributed by atoms with van der Waals surface area (Å²) < 4.78 is 1.09. The van der Waals surface area contributed by atoms with Gasteiger partial charge in [0.2, 0.25) is 0 Å². The summed E-state index contributed by atoms with van der Waals surface area (Å²) in [6, 6.07) is 8.10. The molecule has 0 aliphatic heterocycles. The van der Waals surface area contributed by atoms with Crippen LogP contribution in [-0.4, -0.2) is 19.4 Å². The van der Waals surface area contributed by atoms with Crippen LogP contribution in [0.25, 0.3) is 0 Å². The molecule has 0 unspecified atom stereocenters. The molecule has 0 bridgehead atoms. The highest BCUT2D eigenvalue weighted by Crippen LogP contribution is 2.10. The molecule has 4 heteroatoms. The van der Waals surface area contributed by atoms with Gasteiger partial charge in [-0.15, -0.1) is 12.4 Å². The third-order valence-corrected chi connectivity index (χ3v) is 2.20. The van der Waals surface area contributed by atoms with Crippen LogP contribution in [0.3, 0.4) is 0 Å². The molecule has 0 saturated heterocycles. The van der Waals surface area contributed by atoms with Gasteiger partial charge in [-0.05, 0) is 19.1 Å². The first-order valence-electron chi connectivity index (χ1n) is 4.26. The van der Waals surface area contributed by atoms with Crippen LogP contribution in [0.2, 0.25) is 0 Å². The summed E-state index contributed by atoms with van der Waals surface area (Å²) >= 11 is 3.40. The maximum atomic E-state index is 4.33. The summed E-state index contributed by atoms with van der Waals surface area (Å²) in [6.07, 6.45) is 0. The fourth-order valence-electron chi connectivity index (χ4n) is 1.08. The molecule has 1 aromatic carbocycles. The molecule has 2 nitrogen and oxygen atoms in total. The van der Waals surface area contributed by atoms with Crippen molar-refractivity contribution in [2.75, 3.05) is 13.6 Å². The lowest BCUT2D eigenvalue weighted by Crippen LogP contribution is -2.19. The van der Waals surface area contributed by atoms with E-state index in [1.165, 1.54) is 0 Å². The van der Waals surface area contributed by atoms with Gasteiger partial charge < -0.3 is 5.32 Å². The van der Waals surface area contributed by atoms with Crippen molar-refractivity contribution in [2.45, 2.75) is 6.92 Å². The standard InChI is InChI=1S/C10H13BrN2.ClH/c1-3-13-10(12-2)8-4-6-9(11)7-5-8;/h4-7H,3H2,1-2H3,(H,12,13);1H. The van der Waals surface area contributed by atoms with E-state index in [1.807, 2.05) is 38.2 Å². The lowest BCUT2D eigenvalue weighted by Gasteiger charge is -2.04. The molecule has 1 N–H and O–H groups in total. The molecule has 0 amide bonds. The molecule has 1 rings (SSSR count). The molecule has 1 aromatic rings. The quantitative estimate of drug-likeness (QED) is 0.652. The largest absolute Gasteiger partial charge is 0.373 e. The van der Waals surface area contributed by atoms with E-state index in [0.29, 0.717) is 0 Å². The minimum atomic E-state index is 0. The van der Waals surface area contributed by atoms with Crippen LogP contribution in [0.4, 0.5) is 0 Å². The van der Waals surface area contributed by atoms with E-state index in [1.54, 1.807) is 0 Å². The van der Waals surface area contributed by atoms with Crippen LogP contribution in [-0.2, 0) is 0 Å². The van der Waals surface area contributed by atoms with Crippen LogP contribution in [0.5, 0.6) is 0 Å². The number of hydrogen-bond acceptors (Lipinski definition) is 1. The summed E-state index contributed by atoms with van der Waals surface area (Å²) in [5.41, 5.74) is 1.12. The molecule has 78 valence electrons. The third-order valence-electron chi connectivity index (χ3n) is 1.67. The zero-order valence-electron chi connectivity index (χ0n) is 8.25. The van der Waals surface area contributed by atoms with Crippen molar-refractivity contribution in [3.05, 3.63) is 34.3 Å². The molecule has 0 fully saturated rings. The average Bonchev–Trinajstić information content (AvgIpc) is 2.16. The van der Waals surface area contributed by atoms with Gasteiger partial charge in [-0.25, -0.2) is 0 Å². The Bertz CT molecular complexity index is 295. The van der Waals surface area contributed by atoms with E-state index in [4.69, 9.17) is 0 Å². The Morgan fingerprint density at radius 2 is 1.93 bits per heavy atom. The summed E-state index contributed by atoms with van der Waals surface area (Å²) in [5, 5.41) is 3.07. The molecule has 14 heavy (non-hydrogen) atoms. The summed E-state index contributed by atoms with van der Waals surface area (Å²) in [7, 11) is 1.89. The van der Waals surface area contributed by atoms with Crippen LogP contribution in [0.1, 0.15) is 12.5 Å². The van der Waals surface area contributed by atoms with E-state index in [9.17, 15) is 0 Å². The predicted octanol–water partition coefficient (Wildman–Crippen LogP) is 2.86. The van der Waals surface area contributed by atoms with Gasteiger partial charge in [0.05, 0.1) is 0 Å². The molecular formula is C10H14BrClN2. The van der Waals surface area contributed by atoms with Gasteiger partial charge in [-0.3, -0.25) is 4.99 Å². The minimum Gasteiger partial charge on any atom is -0.373 e. The van der Waals surface area contributed by atoms with E-state index in [-0.39, 0.29) is 12.4 Å². The number of rotatable bonds is 2. The second-order valence-corrected chi connectivity index (χ2v) is 3.50. The molecular weight excluding hydrogens is 263 g/mol. The molecule has 0 aliphatic rings. The SMILES string of the molecule is CC/N=C(\NC)c1ccc(Br)cc1.Cl. The summed E-state index contributed by atoms with van der Waals surface area (Å²) in [4.78, 5) is 4.33. The number of nitrogens with one attached hydrogen (secondary N) is 1. The Hall–Kier alpha value is -0.540. The molecule has 0 radical (unpaired) electrons. The number of aliphatic imine (C=N–C) groups is 1. The maximum Gasteiger partial charge on any atom is 0.127 e. The zero-order valence-corrected chi connectivity index (χ0v) is 10.7. The van der Waals surface area contributed by atoms with Gasteiger partial charge in [0, 0.05) is 23.6 Å². The zero-order chi connectivity index (χ0) is 9.68. The van der Waals surface area contributed by atoms with Gasteiger partial charge in [0.25, 0.3) is 0 Å². The van der Waals surface area contributed by atoms with Gasteiger partial charge >= 0.3 is 0 Å². The van der Waals surface area contributed by atoms with Gasteiger partial charge in [0.1, 0.15) is 5.84 Å². The topological polar surface area (TPSA) is 24.4 Å². The fraction of sp³-hybridized carbons (Fsp3) is 0.300. The van der Waals surface area contributed by atoms with E-state index < -0.39 is 0 Å². The second kappa shape index (κ2) is 6.85. The molecule has 0 heterocycles. The monoisotopic (exact) mass is 276 g/mol. The van der Waals surface area contributed by atoms with E-state index in [2.05, 4.69) is 26.2 Å². The Labute approximate surface area is 99.4 Å². The minimum absolute atomic E-state index is 0. The maximum absolute atomic E-state index is 4.33. The normalized spacial score (nSPS) is 10.6. The Kier molecular flexibility index (Phi) is 6.58. The van der Waals surface area contributed by atoms with Crippen molar-refractivity contribution < 1.29 is 0 Å². The smallest absolute Gasteiger partial charge is 0.127 e. The third kappa shape index (κ3) is 3.68. The molecule has 0 spiro atoms. The fourth-order valence-corrected chi connectivity index (χ4v) is 1.34. The van der Waals surface area contributed by atoms with Gasteiger partial charge in [-0.1, -0.05) is 28.1 Å². The highest BCUT2D eigenvalue weighted by Gasteiger charge is 1.98. The van der Waals surface area contributed by atoms with Crippen molar-refractivity contribution in [2.24, 2.45) is 4.99 Å². The Balaban J connectivity index is 0.00000169. The first kappa shape index (κ1) is 13.5. The predicted molar refractivity (Wildman–Crippen MR) is 67.5 cm³/mol. The number of halogens is 2. The first-order valence-corrected chi connectivity index (χ1v) is 5.05. The summed E-state index contributed by atoms with van der Waals surface area (Å²) in [5.74, 6) is 0.940. The second-order valence-electron chi connectivity index (χ2n) is 2.58. The number of nitrogens with zero attached hydrogens (tertiary/aromatic N) is 1. The van der Waals surface area contributed by atoms with Crippen LogP contribution in [0.15, 0.2) is 33.7 Å². The molecule has 0 aromatic heterocycles. The lowest BCUT2D eigenvalue weighted by atomic mass is 10.2. The number of hydrogen-bond donors (Lipinski definition) is 1. The number of benzene rings is 1. The van der Waals surface area contributed by atoms with E-state index >= 15 is 0 Å². The van der Waals surface area contributed by atoms with Crippen molar-refractivity contribution in [3.8, 4) is 0 Å². The van der Waals surface area contributed by atoms with Crippen molar-refractivity contribution in [1.82, 2.24) is 5.32 Å². The van der Waals surface area contributed by atoms with Crippen molar-refractivity contribution in [3.63, 3.8) is 0 Å². The van der Waals surface area contributed by atoms with Crippen LogP contribution < -0.4 is 5.32 Å². The molecule has 0 atom stereocenters. The highest BCUT2D eigenvalue weighted by atomic mass is 79.9. The van der Waals surface area contributed by atoms with Crippen molar-refractivity contribution in [1.29, 1.82) is 0 Å². The van der Waals surface area contributed by atoms with Crippen LogP contribution >= 0.6 is 28.3 Å². The highest BCUT2D eigenvalue weighted by molar-refractivity contribution is 9.10. The number of amidine groups is 1. The Morgan fingerprint density at radius 3 is 2.36 bits per heavy atom. The summed E-state index contributed by atoms with van der Waals surface area (Å²) in [6.45, 7) is 2.82. The Morgan fingerprint density at radius 1 is 1.36 bits per heavy atom. The van der Waals surface area contributed by atoms with Gasteiger partial charge in [-0.2, -0.15) is 0 Å². The van der Waals surface area contributed by atoms with E-state index in [0.717, 1.165) is 22.4 Å². The van der Waals surface area contributed by atoms with Gasteiger partial charge in [0.15, 0.2) is 0 Å². The average molecular weight is 278 g/mol. The molecule has 0 saturated carbocycles. The molecule has 0 aliphatic carbocycles.